The largest absolute Gasteiger partial charge is 0.480 e. The Morgan fingerprint density at radius 1 is 1.23 bits per heavy atom. The molecule has 1 N–H and O–H groups in total. The fourth-order valence-electron chi connectivity index (χ4n) is 3.41. The summed E-state index contributed by atoms with van der Waals surface area (Å²) in [7, 11) is 0. The van der Waals surface area contributed by atoms with E-state index in [1.807, 2.05) is 36.4 Å². The van der Waals surface area contributed by atoms with Gasteiger partial charge in [-0.1, -0.05) is 41.9 Å². The number of ether oxygens (including phenoxy) is 1. The highest BCUT2D eigenvalue weighted by Crippen LogP contribution is 2.34. The van der Waals surface area contributed by atoms with Crippen LogP contribution in [0.3, 0.4) is 0 Å². The second kappa shape index (κ2) is 7.94. The summed E-state index contributed by atoms with van der Waals surface area (Å²) in [5, 5.41) is 4.10. The van der Waals surface area contributed by atoms with Crippen LogP contribution < -0.4 is 10.1 Å². The Morgan fingerprint density at radius 3 is 2.85 bits per heavy atom. The molecule has 0 aliphatic carbocycles. The molecule has 2 atom stereocenters. The zero-order chi connectivity index (χ0) is 17.8. The Kier molecular flexibility index (Phi) is 5.23. The fraction of sp³-hybridized carbons (Fsp3) is 0.286. The smallest absolute Gasteiger partial charge is 0.235 e. The highest BCUT2D eigenvalue weighted by molar-refractivity contribution is 6.30. The lowest BCUT2D eigenvalue weighted by Crippen LogP contribution is -2.22. The lowest BCUT2D eigenvalue weighted by molar-refractivity contribution is 0.113. The van der Waals surface area contributed by atoms with Gasteiger partial charge in [-0.15, -0.1) is 0 Å². The predicted octanol–water partition coefficient (Wildman–Crippen LogP) is 4.65. The first-order valence-electron chi connectivity index (χ1n) is 8.89. The lowest BCUT2D eigenvalue weighted by atomic mass is 10.0. The maximum Gasteiger partial charge on any atom is 0.235 e. The summed E-state index contributed by atoms with van der Waals surface area (Å²) in [4.78, 5) is 4.34. The molecule has 0 spiro atoms. The van der Waals surface area contributed by atoms with Crippen molar-refractivity contribution in [2.45, 2.75) is 18.9 Å². The van der Waals surface area contributed by atoms with E-state index in [-0.39, 0.29) is 6.10 Å². The van der Waals surface area contributed by atoms with Crippen LogP contribution in [0.1, 0.15) is 29.5 Å². The topological polar surface area (TPSA) is 47.3 Å². The molecular formula is C21H21ClN2O2. The van der Waals surface area contributed by atoms with Crippen molar-refractivity contribution in [3.63, 3.8) is 0 Å². The highest BCUT2D eigenvalue weighted by atomic mass is 35.5. The van der Waals surface area contributed by atoms with Crippen molar-refractivity contribution >= 4 is 11.6 Å². The molecule has 0 saturated carbocycles. The van der Waals surface area contributed by atoms with Crippen molar-refractivity contribution in [2.24, 2.45) is 5.92 Å². The summed E-state index contributed by atoms with van der Waals surface area (Å²) < 4.78 is 12.0. The molecule has 4 nitrogen and oxygen atoms in total. The fourth-order valence-corrected chi connectivity index (χ4v) is 3.61. The quantitative estimate of drug-likeness (QED) is 0.688. The van der Waals surface area contributed by atoms with Crippen LogP contribution in [0.2, 0.25) is 5.02 Å². The van der Waals surface area contributed by atoms with Gasteiger partial charge in [-0.25, -0.2) is 4.98 Å². The minimum Gasteiger partial charge on any atom is -0.480 e. The van der Waals surface area contributed by atoms with Gasteiger partial charge in [0.15, 0.2) is 6.10 Å². The molecule has 2 heterocycles. The number of nitrogens with zero attached hydrogens (tertiary/aromatic N) is 1. The monoisotopic (exact) mass is 368 g/mol. The van der Waals surface area contributed by atoms with E-state index in [0.29, 0.717) is 16.8 Å². The molecule has 1 aliphatic heterocycles. The van der Waals surface area contributed by atoms with Gasteiger partial charge in [0.05, 0.1) is 6.20 Å². The van der Waals surface area contributed by atoms with Crippen LogP contribution >= 0.6 is 11.6 Å². The number of benzene rings is 2. The van der Waals surface area contributed by atoms with E-state index in [4.69, 9.17) is 20.8 Å². The molecular weight excluding hydrogens is 348 g/mol. The van der Waals surface area contributed by atoms with Crippen LogP contribution in [0.25, 0.3) is 0 Å². The van der Waals surface area contributed by atoms with Crippen molar-refractivity contribution in [1.29, 1.82) is 0 Å². The lowest BCUT2D eigenvalue weighted by Gasteiger charge is -2.23. The number of rotatable bonds is 6. The maximum absolute atomic E-state index is 6.45. The van der Waals surface area contributed by atoms with Gasteiger partial charge < -0.3 is 14.5 Å². The van der Waals surface area contributed by atoms with E-state index >= 15 is 0 Å². The van der Waals surface area contributed by atoms with Crippen molar-refractivity contribution in [3.8, 4) is 5.75 Å². The van der Waals surface area contributed by atoms with Crippen LogP contribution in [0.4, 0.5) is 0 Å². The Hall–Kier alpha value is -2.30. The Balaban J connectivity index is 1.63. The Bertz CT molecular complexity index is 830. The molecule has 26 heavy (non-hydrogen) atoms. The Labute approximate surface area is 158 Å². The van der Waals surface area contributed by atoms with Gasteiger partial charge in [-0.3, -0.25) is 0 Å². The molecule has 4 rings (SSSR count). The number of halogens is 1. The molecule has 1 aliphatic rings. The summed E-state index contributed by atoms with van der Waals surface area (Å²) in [6.07, 6.45) is 4.85. The molecule has 5 heteroatoms. The zero-order valence-electron chi connectivity index (χ0n) is 14.4. The van der Waals surface area contributed by atoms with Gasteiger partial charge in [-0.2, -0.15) is 0 Å². The highest BCUT2D eigenvalue weighted by Gasteiger charge is 2.31. The standard InChI is InChI=1S/C21H21ClN2O2/c22-18-6-7-19(17(13-18)12-15-4-2-1-3-5-15)26-20(16-8-9-23-14-16)21-24-10-11-25-21/h1-7,10-11,13,16,20,23H,8-9,12,14H2/t16-,20+/m1/s1. The van der Waals surface area contributed by atoms with Crippen LogP contribution in [-0.4, -0.2) is 18.1 Å². The van der Waals surface area contributed by atoms with Crippen molar-refractivity contribution in [2.75, 3.05) is 13.1 Å². The Morgan fingerprint density at radius 2 is 2.12 bits per heavy atom. The summed E-state index contributed by atoms with van der Waals surface area (Å²) in [6, 6.07) is 16.1. The molecule has 0 radical (unpaired) electrons. The van der Waals surface area contributed by atoms with Crippen molar-refractivity contribution in [1.82, 2.24) is 10.3 Å². The number of hydrogen-bond acceptors (Lipinski definition) is 4. The van der Waals surface area contributed by atoms with Crippen LogP contribution in [0, 0.1) is 5.92 Å². The third kappa shape index (κ3) is 3.92. The van der Waals surface area contributed by atoms with Gasteiger partial charge in [0.1, 0.15) is 12.0 Å². The second-order valence-corrected chi connectivity index (χ2v) is 7.01. The molecule has 2 aromatic carbocycles. The molecule has 1 aromatic heterocycles. The minimum atomic E-state index is -0.212. The van der Waals surface area contributed by atoms with E-state index in [1.54, 1.807) is 12.5 Å². The summed E-state index contributed by atoms with van der Waals surface area (Å²) in [5.74, 6) is 1.78. The van der Waals surface area contributed by atoms with Crippen molar-refractivity contribution < 1.29 is 9.15 Å². The maximum atomic E-state index is 6.45. The van der Waals surface area contributed by atoms with Gasteiger partial charge in [0, 0.05) is 29.5 Å². The first kappa shape index (κ1) is 17.1. The van der Waals surface area contributed by atoms with Gasteiger partial charge >= 0.3 is 0 Å². The SMILES string of the molecule is Clc1ccc(O[C@H](c2ncco2)[C@@H]2CCNC2)c(Cc2ccccc2)c1. The summed E-state index contributed by atoms with van der Waals surface area (Å²) in [5.41, 5.74) is 2.28. The average molecular weight is 369 g/mol. The third-order valence-corrected chi connectivity index (χ3v) is 4.97. The number of nitrogens with one attached hydrogen (secondary N) is 1. The second-order valence-electron chi connectivity index (χ2n) is 6.58. The van der Waals surface area contributed by atoms with E-state index in [1.165, 1.54) is 5.56 Å². The van der Waals surface area contributed by atoms with E-state index in [0.717, 1.165) is 37.2 Å². The normalized spacial score (nSPS) is 18.0. The van der Waals surface area contributed by atoms with Crippen LogP contribution in [0.15, 0.2) is 65.4 Å². The minimum absolute atomic E-state index is 0.212. The first-order chi connectivity index (χ1) is 12.8. The third-order valence-electron chi connectivity index (χ3n) is 4.74. The van der Waals surface area contributed by atoms with Gasteiger partial charge in [0.2, 0.25) is 5.89 Å². The van der Waals surface area contributed by atoms with E-state index in [2.05, 4.69) is 22.4 Å². The summed E-state index contributed by atoms with van der Waals surface area (Å²) >= 11 is 6.25. The predicted molar refractivity (Wildman–Crippen MR) is 102 cm³/mol. The van der Waals surface area contributed by atoms with Gasteiger partial charge in [0.25, 0.3) is 0 Å². The first-order valence-corrected chi connectivity index (χ1v) is 9.26. The molecule has 3 aromatic rings. The van der Waals surface area contributed by atoms with E-state index in [9.17, 15) is 0 Å². The molecule has 1 saturated heterocycles. The zero-order valence-corrected chi connectivity index (χ0v) is 15.2. The number of oxazole rings is 1. The average Bonchev–Trinajstić information content (AvgIpc) is 3.36. The number of hydrogen-bond donors (Lipinski definition) is 1. The van der Waals surface area contributed by atoms with Crippen LogP contribution in [-0.2, 0) is 6.42 Å². The summed E-state index contributed by atoms with van der Waals surface area (Å²) in [6.45, 7) is 1.89. The molecule has 0 bridgehead atoms. The van der Waals surface area contributed by atoms with Crippen molar-refractivity contribution in [3.05, 3.63) is 83.0 Å². The molecule has 0 amide bonds. The number of aromatic nitrogens is 1. The molecule has 0 unspecified atom stereocenters. The van der Waals surface area contributed by atoms with Gasteiger partial charge in [-0.05, 0) is 36.7 Å². The molecule has 134 valence electrons. The molecule has 1 fully saturated rings. The van der Waals surface area contributed by atoms with E-state index < -0.39 is 0 Å². The van der Waals surface area contributed by atoms with Crippen LogP contribution in [0.5, 0.6) is 5.75 Å².